The van der Waals surface area contributed by atoms with Gasteiger partial charge in [0, 0.05) is 24.3 Å². The quantitative estimate of drug-likeness (QED) is 0.344. The van der Waals surface area contributed by atoms with Crippen molar-refractivity contribution in [2.45, 2.75) is 39.0 Å². The molecule has 7 heteroatoms. The maximum Gasteiger partial charge on any atom is 0.337 e. The van der Waals surface area contributed by atoms with E-state index in [-0.39, 0.29) is 11.9 Å². The van der Waals surface area contributed by atoms with E-state index in [0.29, 0.717) is 18.2 Å². The lowest BCUT2D eigenvalue weighted by atomic mass is 10.0. The van der Waals surface area contributed by atoms with Gasteiger partial charge in [-0.25, -0.2) is 4.79 Å². The fourth-order valence-corrected chi connectivity index (χ4v) is 3.29. The maximum absolute atomic E-state index is 11.4. The molecular formula is C19H27N5O2. The first-order chi connectivity index (χ1) is 12.5. The van der Waals surface area contributed by atoms with Gasteiger partial charge in [-0.1, -0.05) is 37.2 Å². The number of hydrogen-bond donors (Lipinski definition) is 2. The van der Waals surface area contributed by atoms with Gasteiger partial charge in [0.2, 0.25) is 0 Å². The molecule has 1 atom stereocenters. The first-order valence-electron chi connectivity index (χ1n) is 9.23. The summed E-state index contributed by atoms with van der Waals surface area (Å²) in [6, 6.07) is 8.27. The van der Waals surface area contributed by atoms with Gasteiger partial charge >= 0.3 is 5.97 Å². The smallest absolute Gasteiger partial charge is 0.337 e. The first kappa shape index (κ1) is 18.4. The van der Waals surface area contributed by atoms with Gasteiger partial charge in [-0.15, -0.1) is 0 Å². The molecule has 0 bridgehead atoms. The molecule has 1 aliphatic rings. The van der Waals surface area contributed by atoms with Gasteiger partial charge < -0.3 is 15.5 Å². The third-order valence-corrected chi connectivity index (χ3v) is 4.79. The fraction of sp³-hybridized carbons (Fsp3) is 0.526. The van der Waals surface area contributed by atoms with Crippen molar-refractivity contribution in [3.05, 3.63) is 30.0 Å². The monoisotopic (exact) mass is 357 g/mol. The second-order valence-corrected chi connectivity index (χ2v) is 7.19. The number of aromatic amines is 1. The minimum Gasteiger partial charge on any atom is -0.384 e. The maximum atomic E-state index is 11.4. The molecule has 1 aromatic heterocycles. The average Bonchev–Trinajstić information content (AvgIpc) is 3.26. The molecule has 0 radical (unpaired) electrons. The molecule has 140 valence electrons. The number of oxime groups is 1. The van der Waals surface area contributed by atoms with Crippen LogP contribution in [-0.4, -0.2) is 46.5 Å². The summed E-state index contributed by atoms with van der Waals surface area (Å²) >= 11 is 0. The molecule has 1 aromatic carbocycles. The number of fused-ring (bicyclic) bond motifs is 1. The van der Waals surface area contributed by atoms with E-state index < -0.39 is 0 Å². The van der Waals surface area contributed by atoms with Gasteiger partial charge in [-0.05, 0) is 32.0 Å². The number of benzene rings is 1. The normalized spacial score (nSPS) is 18.7. The van der Waals surface area contributed by atoms with Crippen LogP contribution in [0.1, 0.15) is 44.7 Å². The van der Waals surface area contributed by atoms with E-state index in [4.69, 9.17) is 10.6 Å². The van der Waals surface area contributed by atoms with E-state index in [1.807, 2.05) is 6.07 Å². The van der Waals surface area contributed by atoms with Crippen LogP contribution < -0.4 is 5.73 Å². The van der Waals surface area contributed by atoms with Crippen molar-refractivity contribution in [2.24, 2.45) is 16.8 Å². The van der Waals surface area contributed by atoms with Crippen LogP contribution >= 0.6 is 0 Å². The van der Waals surface area contributed by atoms with Crippen molar-refractivity contribution < 1.29 is 9.63 Å². The lowest BCUT2D eigenvalue weighted by Crippen LogP contribution is -2.23. The summed E-state index contributed by atoms with van der Waals surface area (Å²) in [6.07, 6.45) is 2.63. The molecule has 1 saturated heterocycles. The lowest BCUT2D eigenvalue weighted by molar-refractivity contribution is -0.147. The van der Waals surface area contributed by atoms with Gasteiger partial charge in [0.15, 0.2) is 0 Å². The van der Waals surface area contributed by atoms with E-state index in [9.17, 15) is 4.79 Å². The highest BCUT2D eigenvalue weighted by Gasteiger charge is 2.26. The number of nitrogens with one attached hydrogen (secondary N) is 1. The van der Waals surface area contributed by atoms with Crippen molar-refractivity contribution >= 4 is 22.7 Å². The molecule has 2 aromatic rings. The SMILES string of the molecule is CC(C)C(=O)O/N=C(\N)CCCN1CCC(c2n[nH]c3ccccc23)C1. The molecule has 1 fully saturated rings. The Morgan fingerprint density at radius 2 is 2.27 bits per heavy atom. The number of carbonyl (C=O) groups excluding carboxylic acids is 1. The summed E-state index contributed by atoms with van der Waals surface area (Å²) in [5.41, 5.74) is 8.08. The van der Waals surface area contributed by atoms with Gasteiger partial charge in [0.05, 0.1) is 17.1 Å². The molecule has 3 N–H and O–H groups in total. The number of para-hydroxylation sites is 1. The highest BCUT2D eigenvalue weighted by atomic mass is 16.7. The number of likely N-dealkylation sites (tertiary alicyclic amines) is 1. The van der Waals surface area contributed by atoms with Crippen LogP contribution in [0.15, 0.2) is 29.4 Å². The number of nitrogens with zero attached hydrogens (tertiary/aromatic N) is 3. The van der Waals surface area contributed by atoms with E-state index in [0.717, 1.165) is 38.0 Å². The zero-order valence-electron chi connectivity index (χ0n) is 15.4. The Morgan fingerprint density at radius 1 is 1.46 bits per heavy atom. The number of nitrogens with two attached hydrogens (primary N) is 1. The molecule has 7 nitrogen and oxygen atoms in total. The molecule has 1 unspecified atom stereocenters. The standard InChI is InChI=1S/C19H27N5O2/c1-13(2)19(25)26-23-17(20)8-5-10-24-11-9-14(12-24)18-15-6-3-4-7-16(15)21-22-18/h3-4,6-7,13-14H,5,8-12H2,1-2H3,(H2,20,23)(H,21,22). The minimum absolute atomic E-state index is 0.203. The molecule has 3 rings (SSSR count). The van der Waals surface area contributed by atoms with Crippen LogP contribution in [0.4, 0.5) is 0 Å². The Hall–Kier alpha value is -2.41. The van der Waals surface area contributed by atoms with E-state index in [1.54, 1.807) is 13.8 Å². The predicted octanol–water partition coefficient (Wildman–Crippen LogP) is 2.60. The third-order valence-electron chi connectivity index (χ3n) is 4.79. The fourth-order valence-electron chi connectivity index (χ4n) is 3.29. The highest BCUT2D eigenvalue weighted by molar-refractivity contribution is 5.82. The van der Waals surface area contributed by atoms with Crippen LogP contribution in [0, 0.1) is 5.92 Å². The Labute approximate surface area is 153 Å². The molecule has 0 aliphatic carbocycles. The summed E-state index contributed by atoms with van der Waals surface area (Å²) in [7, 11) is 0. The molecular weight excluding hydrogens is 330 g/mol. The number of carbonyl (C=O) groups is 1. The summed E-state index contributed by atoms with van der Waals surface area (Å²) in [6.45, 7) is 6.55. The summed E-state index contributed by atoms with van der Waals surface area (Å²) < 4.78 is 0. The topological polar surface area (TPSA) is 96.6 Å². The number of rotatable bonds is 7. The van der Waals surface area contributed by atoms with Crippen LogP contribution in [0.5, 0.6) is 0 Å². The van der Waals surface area contributed by atoms with E-state index >= 15 is 0 Å². The summed E-state index contributed by atoms with van der Waals surface area (Å²) in [5, 5.41) is 12.6. The molecule has 0 spiro atoms. The van der Waals surface area contributed by atoms with Crippen LogP contribution in [-0.2, 0) is 9.63 Å². The van der Waals surface area contributed by atoms with Crippen molar-refractivity contribution in [1.29, 1.82) is 0 Å². The third kappa shape index (κ3) is 4.40. The zero-order valence-corrected chi connectivity index (χ0v) is 15.4. The van der Waals surface area contributed by atoms with Crippen LogP contribution in [0.2, 0.25) is 0 Å². The molecule has 2 heterocycles. The second kappa shape index (κ2) is 8.31. The van der Waals surface area contributed by atoms with Crippen LogP contribution in [0.3, 0.4) is 0 Å². The second-order valence-electron chi connectivity index (χ2n) is 7.19. The number of aromatic nitrogens is 2. The largest absolute Gasteiger partial charge is 0.384 e. The Balaban J connectivity index is 1.45. The summed E-state index contributed by atoms with van der Waals surface area (Å²) in [4.78, 5) is 18.6. The summed E-state index contributed by atoms with van der Waals surface area (Å²) in [5.74, 6) is 0.268. The zero-order chi connectivity index (χ0) is 18.5. The predicted molar refractivity (Wildman–Crippen MR) is 102 cm³/mol. The van der Waals surface area contributed by atoms with Crippen molar-refractivity contribution in [2.75, 3.05) is 19.6 Å². The first-order valence-corrected chi connectivity index (χ1v) is 9.23. The number of H-pyrrole nitrogens is 1. The van der Waals surface area contributed by atoms with Crippen molar-refractivity contribution in [3.63, 3.8) is 0 Å². The minimum atomic E-state index is -0.360. The Kier molecular flexibility index (Phi) is 5.88. The van der Waals surface area contributed by atoms with Gasteiger partial charge in [-0.3, -0.25) is 5.10 Å². The Morgan fingerprint density at radius 3 is 3.08 bits per heavy atom. The van der Waals surface area contributed by atoms with Gasteiger partial charge in [0.1, 0.15) is 5.84 Å². The molecule has 26 heavy (non-hydrogen) atoms. The molecule has 0 saturated carbocycles. The van der Waals surface area contributed by atoms with Gasteiger partial charge in [0.25, 0.3) is 0 Å². The van der Waals surface area contributed by atoms with Gasteiger partial charge in [-0.2, -0.15) is 5.10 Å². The van der Waals surface area contributed by atoms with E-state index in [2.05, 4.69) is 38.5 Å². The van der Waals surface area contributed by atoms with Crippen molar-refractivity contribution in [3.8, 4) is 0 Å². The van der Waals surface area contributed by atoms with Crippen LogP contribution in [0.25, 0.3) is 10.9 Å². The van der Waals surface area contributed by atoms with Crippen molar-refractivity contribution in [1.82, 2.24) is 15.1 Å². The molecule has 1 aliphatic heterocycles. The Bertz CT molecular complexity index is 783. The highest BCUT2D eigenvalue weighted by Crippen LogP contribution is 2.30. The average molecular weight is 357 g/mol. The number of hydrogen-bond acceptors (Lipinski definition) is 5. The number of amidine groups is 1. The molecule has 0 amide bonds. The lowest BCUT2D eigenvalue weighted by Gasteiger charge is -2.15. The van der Waals surface area contributed by atoms with E-state index in [1.165, 1.54) is 11.1 Å².